The van der Waals surface area contributed by atoms with E-state index in [0.717, 1.165) is 0 Å². The van der Waals surface area contributed by atoms with Crippen molar-refractivity contribution in [2.24, 2.45) is 0 Å². The summed E-state index contributed by atoms with van der Waals surface area (Å²) in [5.41, 5.74) is 0.662. The van der Waals surface area contributed by atoms with Crippen molar-refractivity contribution < 1.29 is 9.59 Å². The predicted molar refractivity (Wildman–Crippen MR) is 45.4 cm³/mol. The van der Waals surface area contributed by atoms with Crippen LogP contribution in [-0.2, 0) is 9.59 Å². The van der Waals surface area contributed by atoms with Gasteiger partial charge in [-0.25, -0.2) is 0 Å². The molecule has 3 nitrogen and oxygen atoms in total. The molecule has 0 atom stereocenters. The summed E-state index contributed by atoms with van der Waals surface area (Å²) in [5.74, 6) is -0.390. The quantitative estimate of drug-likeness (QED) is 0.638. The van der Waals surface area contributed by atoms with Gasteiger partial charge in [-0.05, 0) is 0 Å². The molecule has 0 saturated carbocycles. The Morgan fingerprint density at radius 1 is 1.17 bits per heavy atom. The van der Waals surface area contributed by atoms with Gasteiger partial charge in [0.15, 0.2) is 5.78 Å². The highest BCUT2D eigenvalue weighted by Crippen LogP contribution is 2.12. The summed E-state index contributed by atoms with van der Waals surface area (Å²) in [6, 6.07) is 0. The maximum Gasteiger partial charge on any atom is 0.252 e. The van der Waals surface area contributed by atoms with Gasteiger partial charge < -0.3 is 5.32 Å². The lowest BCUT2D eigenvalue weighted by Crippen LogP contribution is -2.36. The van der Waals surface area contributed by atoms with Gasteiger partial charge in [-0.1, -0.05) is 25.3 Å². The molecule has 0 spiro atoms. The standard InChI is InChI=1S/C9H9NO2/c1-3-6-7(4-2)9(12)10-5-8(6)11/h3-4H,1-2,5H2,(H,10,12). The number of Topliss-reactive ketones (excluding diaryl/α,β-unsaturated/α-hetero) is 1. The SMILES string of the molecule is C=CC1=C(C=C)C(=O)NCC1=O. The van der Waals surface area contributed by atoms with Crippen LogP contribution in [0.25, 0.3) is 0 Å². The summed E-state index contributed by atoms with van der Waals surface area (Å²) in [6.07, 6.45) is 2.75. The molecule has 0 aromatic rings. The minimum atomic E-state index is -0.264. The summed E-state index contributed by atoms with van der Waals surface area (Å²) in [5, 5.41) is 2.43. The molecule has 3 heteroatoms. The van der Waals surface area contributed by atoms with E-state index in [1.54, 1.807) is 0 Å². The van der Waals surface area contributed by atoms with Crippen LogP contribution in [-0.4, -0.2) is 18.2 Å². The third kappa shape index (κ3) is 1.21. The van der Waals surface area contributed by atoms with Crippen LogP contribution in [0.15, 0.2) is 36.5 Å². The summed E-state index contributed by atoms with van der Waals surface area (Å²) < 4.78 is 0. The largest absolute Gasteiger partial charge is 0.345 e. The van der Waals surface area contributed by atoms with Gasteiger partial charge in [-0.15, -0.1) is 0 Å². The number of allylic oxidation sites excluding steroid dienone is 1. The molecule has 0 fully saturated rings. The van der Waals surface area contributed by atoms with E-state index in [2.05, 4.69) is 18.5 Å². The Kier molecular flexibility index (Phi) is 2.24. The van der Waals surface area contributed by atoms with Crippen molar-refractivity contribution in [3.63, 3.8) is 0 Å². The second-order valence-electron chi connectivity index (χ2n) is 2.34. The van der Waals surface area contributed by atoms with Crippen molar-refractivity contribution in [1.82, 2.24) is 5.32 Å². The maximum atomic E-state index is 11.1. The molecule has 62 valence electrons. The molecule has 0 aliphatic carbocycles. The molecule has 1 aliphatic heterocycles. The second kappa shape index (κ2) is 3.17. The zero-order valence-corrected chi connectivity index (χ0v) is 6.59. The second-order valence-corrected chi connectivity index (χ2v) is 2.34. The molecule has 1 rings (SSSR count). The molecule has 0 aromatic carbocycles. The number of ketones is 1. The minimum absolute atomic E-state index is 0.0531. The van der Waals surface area contributed by atoms with E-state index in [9.17, 15) is 9.59 Å². The smallest absolute Gasteiger partial charge is 0.252 e. The van der Waals surface area contributed by atoms with E-state index in [1.165, 1.54) is 12.2 Å². The van der Waals surface area contributed by atoms with E-state index in [-0.39, 0.29) is 18.2 Å². The highest BCUT2D eigenvalue weighted by Gasteiger charge is 2.21. The number of hydrogen-bond acceptors (Lipinski definition) is 2. The van der Waals surface area contributed by atoms with Crippen LogP contribution in [0.1, 0.15) is 0 Å². The number of carbonyl (C=O) groups is 2. The molecule has 12 heavy (non-hydrogen) atoms. The normalized spacial score (nSPS) is 17.3. The number of nitrogens with one attached hydrogen (secondary N) is 1. The van der Waals surface area contributed by atoms with Gasteiger partial charge in [0.1, 0.15) is 0 Å². The first-order chi connectivity index (χ1) is 5.70. The Balaban J connectivity index is 3.23. The molecule has 1 amide bonds. The number of rotatable bonds is 2. The van der Waals surface area contributed by atoms with Gasteiger partial charge in [-0.2, -0.15) is 0 Å². The Morgan fingerprint density at radius 2 is 1.75 bits per heavy atom. The fraction of sp³-hybridized carbons (Fsp3) is 0.111. The fourth-order valence-corrected chi connectivity index (χ4v) is 1.05. The zero-order chi connectivity index (χ0) is 9.14. The van der Waals surface area contributed by atoms with E-state index in [1.807, 2.05) is 0 Å². The van der Waals surface area contributed by atoms with Crippen molar-refractivity contribution in [2.45, 2.75) is 0 Å². The average molecular weight is 163 g/mol. The number of carbonyl (C=O) groups excluding carboxylic acids is 2. The molecule has 1 heterocycles. The Morgan fingerprint density at radius 3 is 2.17 bits per heavy atom. The highest BCUT2D eigenvalue weighted by molar-refractivity contribution is 6.14. The molecular weight excluding hydrogens is 154 g/mol. The molecule has 0 bridgehead atoms. The average Bonchev–Trinajstić information content (AvgIpc) is 2.08. The molecule has 0 saturated heterocycles. The molecule has 0 radical (unpaired) electrons. The van der Waals surface area contributed by atoms with Crippen molar-refractivity contribution in [3.8, 4) is 0 Å². The molecule has 1 aliphatic rings. The van der Waals surface area contributed by atoms with Crippen LogP contribution in [0.3, 0.4) is 0 Å². The van der Waals surface area contributed by atoms with E-state index < -0.39 is 0 Å². The van der Waals surface area contributed by atoms with Crippen molar-refractivity contribution in [2.75, 3.05) is 6.54 Å². The van der Waals surface area contributed by atoms with Crippen molar-refractivity contribution in [3.05, 3.63) is 36.5 Å². The van der Waals surface area contributed by atoms with Gasteiger partial charge in [0.05, 0.1) is 6.54 Å². The Labute approximate surface area is 70.5 Å². The maximum absolute atomic E-state index is 11.1. The monoisotopic (exact) mass is 163 g/mol. The Hall–Kier alpha value is -1.64. The van der Waals surface area contributed by atoms with E-state index in [4.69, 9.17) is 0 Å². The first kappa shape index (κ1) is 8.46. The minimum Gasteiger partial charge on any atom is -0.345 e. The van der Waals surface area contributed by atoms with Crippen molar-refractivity contribution in [1.29, 1.82) is 0 Å². The highest BCUT2D eigenvalue weighted by atomic mass is 16.2. The Bertz CT molecular complexity index is 270. The van der Waals surface area contributed by atoms with Crippen LogP contribution >= 0.6 is 0 Å². The van der Waals surface area contributed by atoms with Crippen LogP contribution in [0.4, 0.5) is 0 Å². The molecule has 0 unspecified atom stereocenters. The third-order valence-corrected chi connectivity index (χ3v) is 1.65. The van der Waals surface area contributed by atoms with Crippen LogP contribution in [0, 0.1) is 0 Å². The van der Waals surface area contributed by atoms with Gasteiger partial charge in [0, 0.05) is 11.1 Å². The van der Waals surface area contributed by atoms with Gasteiger partial charge in [-0.3, -0.25) is 9.59 Å². The topological polar surface area (TPSA) is 46.2 Å². The lowest BCUT2D eigenvalue weighted by atomic mass is 10.00. The predicted octanol–water partition coefficient (Wildman–Crippen LogP) is 0.354. The van der Waals surface area contributed by atoms with E-state index >= 15 is 0 Å². The third-order valence-electron chi connectivity index (χ3n) is 1.65. The van der Waals surface area contributed by atoms with Crippen LogP contribution in [0.2, 0.25) is 0 Å². The van der Waals surface area contributed by atoms with Gasteiger partial charge >= 0.3 is 0 Å². The molecule has 1 N–H and O–H groups in total. The number of amides is 1. The zero-order valence-electron chi connectivity index (χ0n) is 6.59. The first-order valence-corrected chi connectivity index (χ1v) is 3.51. The summed E-state index contributed by atoms with van der Waals surface area (Å²) in [6.45, 7) is 6.96. The number of hydrogen-bond donors (Lipinski definition) is 1. The first-order valence-electron chi connectivity index (χ1n) is 3.51. The van der Waals surface area contributed by atoms with Crippen molar-refractivity contribution >= 4 is 11.7 Å². The summed E-state index contributed by atoms with van der Waals surface area (Å²) >= 11 is 0. The molecular formula is C9H9NO2. The van der Waals surface area contributed by atoms with Gasteiger partial charge in [0.2, 0.25) is 0 Å². The summed E-state index contributed by atoms with van der Waals surface area (Å²) in [4.78, 5) is 22.2. The van der Waals surface area contributed by atoms with Gasteiger partial charge in [0.25, 0.3) is 5.91 Å². The molecule has 0 aromatic heterocycles. The lowest BCUT2D eigenvalue weighted by Gasteiger charge is -2.14. The van der Waals surface area contributed by atoms with Crippen LogP contribution in [0.5, 0.6) is 0 Å². The van der Waals surface area contributed by atoms with Crippen LogP contribution < -0.4 is 5.32 Å². The lowest BCUT2D eigenvalue weighted by molar-refractivity contribution is -0.122. The fourth-order valence-electron chi connectivity index (χ4n) is 1.05. The van der Waals surface area contributed by atoms with E-state index in [0.29, 0.717) is 11.1 Å². The summed E-state index contributed by atoms with van der Waals surface area (Å²) in [7, 11) is 0.